The van der Waals surface area contributed by atoms with E-state index in [0.29, 0.717) is 25.8 Å². The lowest BCUT2D eigenvalue weighted by atomic mass is 9.90. The van der Waals surface area contributed by atoms with E-state index in [1.807, 2.05) is 66.7 Å². The average Bonchev–Trinajstić information content (AvgIpc) is 3.05. The van der Waals surface area contributed by atoms with Crippen LogP contribution in [0.5, 0.6) is 0 Å². The minimum absolute atomic E-state index is 0.0930. The lowest BCUT2D eigenvalue weighted by Gasteiger charge is -2.32. The van der Waals surface area contributed by atoms with Crippen LogP contribution in [0.4, 0.5) is 4.79 Å². The summed E-state index contributed by atoms with van der Waals surface area (Å²) in [6.45, 7) is 2.31. The van der Waals surface area contributed by atoms with Gasteiger partial charge in [0.05, 0.1) is 12.8 Å². The molecular formula is C28H30N4O4. The van der Waals surface area contributed by atoms with E-state index < -0.39 is 11.5 Å². The number of aliphatic carboxylic acids is 1. The second kappa shape index (κ2) is 10.6. The van der Waals surface area contributed by atoms with Gasteiger partial charge in [0.25, 0.3) is 5.91 Å². The molecule has 1 aliphatic rings. The summed E-state index contributed by atoms with van der Waals surface area (Å²) in [6, 6.07) is 20.7. The standard InChI is InChI=1S/C28H30N4O4/c1-28(24-8-4-2-5-9-24)26(35)31(27(36)32(28)15-7-3-6-10-25(33)34)19-21-12-14-22-13-11-20(18-30-29)16-23(22)17-21/h2,4-5,8-9,11-14,16-18H,3,6-7,10,15,19,29H2,1H3,(H,33,34). The Kier molecular flexibility index (Phi) is 7.33. The third-order valence-corrected chi connectivity index (χ3v) is 6.76. The highest BCUT2D eigenvalue weighted by Crippen LogP contribution is 2.38. The number of rotatable bonds is 10. The van der Waals surface area contributed by atoms with Crippen LogP contribution < -0.4 is 5.84 Å². The van der Waals surface area contributed by atoms with Crippen molar-refractivity contribution in [2.75, 3.05) is 6.54 Å². The topological polar surface area (TPSA) is 116 Å². The van der Waals surface area contributed by atoms with Gasteiger partial charge in [-0.25, -0.2) is 4.79 Å². The molecule has 1 aliphatic heterocycles. The van der Waals surface area contributed by atoms with Crippen LogP contribution in [-0.2, 0) is 21.7 Å². The molecule has 4 rings (SSSR count). The Labute approximate surface area is 210 Å². The van der Waals surface area contributed by atoms with Crippen molar-refractivity contribution in [3.63, 3.8) is 0 Å². The molecule has 0 bridgehead atoms. The Bertz CT molecular complexity index is 1310. The molecule has 0 radical (unpaired) electrons. The van der Waals surface area contributed by atoms with E-state index in [2.05, 4.69) is 5.10 Å². The van der Waals surface area contributed by atoms with Gasteiger partial charge in [-0.3, -0.25) is 14.5 Å². The number of hydrazone groups is 1. The molecule has 1 heterocycles. The van der Waals surface area contributed by atoms with E-state index in [1.165, 1.54) is 4.90 Å². The molecule has 3 aromatic rings. The lowest BCUT2D eigenvalue weighted by molar-refractivity contribution is -0.137. The number of fused-ring (bicyclic) bond motifs is 1. The van der Waals surface area contributed by atoms with Crippen molar-refractivity contribution in [1.82, 2.24) is 9.80 Å². The Hall–Kier alpha value is -4.20. The number of urea groups is 1. The van der Waals surface area contributed by atoms with Crippen LogP contribution in [0.1, 0.15) is 49.3 Å². The van der Waals surface area contributed by atoms with Crippen LogP contribution in [0, 0.1) is 0 Å². The maximum Gasteiger partial charge on any atom is 0.328 e. The summed E-state index contributed by atoms with van der Waals surface area (Å²) in [4.78, 5) is 41.1. The molecule has 1 unspecified atom stereocenters. The maximum absolute atomic E-state index is 13.8. The smallest absolute Gasteiger partial charge is 0.328 e. The SMILES string of the molecule is CC1(c2ccccc2)C(=O)N(Cc2ccc3ccc(C=NN)cc3c2)C(=O)N1CCCCCC(=O)O. The van der Waals surface area contributed by atoms with E-state index in [9.17, 15) is 14.4 Å². The van der Waals surface area contributed by atoms with Gasteiger partial charge in [-0.15, -0.1) is 0 Å². The van der Waals surface area contributed by atoms with Crippen molar-refractivity contribution in [2.45, 2.75) is 44.7 Å². The third kappa shape index (κ3) is 4.93. The van der Waals surface area contributed by atoms with Crippen LogP contribution in [0.25, 0.3) is 10.8 Å². The second-order valence-corrected chi connectivity index (χ2v) is 9.19. The van der Waals surface area contributed by atoms with Gasteiger partial charge in [0, 0.05) is 13.0 Å². The molecule has 3 aromatic carbocycles. The fourth-order valence-corrected chi connectivity index (χ4v) is 4.79. The van der Waals surface area contributed by atoms with Crippen LogP contribution in [-0.4, -0.2) is 45.6 Å². The zero-order chi connectivity index (χ0) is 25.7. The van der Waals surface area contributed by atoms with Gasteiger partial charge < -0.3 is 15.8 Å². The summed E-state index contributed by atoms with van der Waals surface area (Å²) < 4.78 is 0. The highest BCUT2D eigenvalue weighted by Gasteiger charge is 2.54. The first kappa shape index (κ1) is 24.9. The van der Waals surface area contributed by atoms with Gasteiger partial charge in [-0.2, -0.15) is 5.10 Å². The van der Waals surface area contributed by atoms with E-state index in [1.54, 1.807) is 18.0 Å². The molecule has 1 atom stereocenters. The summed E-state index contributed by atoms with van der Waals surface area (Å²) in [7, 11) is 0. The number of hydrogen-bond donors (Lipinski definition) is 2. The number of imide groups is 1. The number of carboxylic acids is 1. The highest BCUT2D eigenvalue weighted by molar-refractivity contribution is 6.07. The summed E-state index contributed by atoms with van der Waals surface area (Å²) in [5, 5.41) is 14.5. The molecule has 3 amide bonds. The molecule has 1 fully saturated rings. The molecule has 0 spiro atoms. The largest absolute Gasteiger partial charge is 0.481 e. The molecule has 8 nitrogen and oxygen atoms in total. The first-order chi connectivity index (χ1) is 17.3. The minimum atomic E-state index is -1.13. The van der Waals surface area contributed by atoms with E-state index in [4.69, 9.17) is 10.9 Å². The minimum Gasteiger partial charge on any atom is -0.481 e. The zero-order valence-corrected chi connectivity index (χ0v) is 20.3. The van der Waals surface area contributed by atoms with Crippen LogP contribution in [0.2, 0.25) is 0 Å². The Morgan fingerprint density at radius 2 is 1.75 bits per heavy atom. The van der Waals surface area contributed by atoms with Gasteiger partial charge in [0.2, 0.25) is 0 Å². The van der Waals surface area contributed by atoms with E-state index in [-0.39, 0.29) is 24.9 Å². The number of carboxylic acid groups (broad SMARTS) is 1. The Morgan fingerprint density at radius 1 is 1.00 bits per heavy atom. The number of benzene rings is 3. The number of amides is 3. The van der Waals surface area contributed by atoms with Crippen molar-refractivity contribution in [1.29, 1.82) is 0 Å². The third-order valence-electron chi connectivity index (χ3n) is 6.76. The molecule has 0 aromatic heterocycles. The van der Waals surface area contributed by atoms with Crippen molar-refractivity contribution < 1.29 is 19.5 Å². The monoisotopic (exact) mass is 486 g/mol. The summed E-state index contributed by atoms with van der Waals surface area (Å²) in [5.41, 5.74) is 1.32. The van der Waals surface area contributed by atoms with Gasteiger partial charge in [-0.1, -0.05) is 61.0 Å². The number of hydrogen-bond acceptors (Lipinski definition) is 5. The summed E-state index contributed by atoms with van der Waals surface area (Å²) in [6.07, 6.45) is 3.47. The Morgan fingerprint density at radius 3 is 2.47 bits per heavy atom. The van der Waals surface area contributed by atoms with Crippen LogP contribution in [0.3, 0.4) is 0 Å². The van der Waals surface area contributed by atoms with Crippen molar-refractivity contribution in [2.24, 2.45) is 10.9 Å². The van der Waals surface area contributed by atoms with Gasteiger partial charge in [0.15, 0.2) is 0 Å². The Balaban J connectivity index is 1.60. The first-order valence-corrected chi connectivity index (χ1v) is 12.0. The average molecular weight is 487 g/mol. The van der Waals surface area contributed by atoms with E-state index in [0.717, 1.165) is 27.5 Å². The van der Waals surface area contributed by atoms with Crippen molar-refractivity contribution >= 4 is 34.9 Å². The summed E-state index contributed by atoms with van der Waals surface area (Å²) in [5.74, 6) is 4.18. The highest BCUT2D eigenvalue weighted by atomic mass is 16.4. The number of carbonyl (C=O) groups is 3. The van der Waals surface area contributed by atoms with Crippen LogP contribution >= 0.6 is 0 Å². The van der Waals surface area contributed by atoms with Gasteiger partial charge in [0.1, 0.15) is 5.54 Å². The predicted molar refractivity (Wildman–Crippen MR) is 138 cm³/mol. The predicted octanol–water partition coefficient (Wildman–Crippen LogP) is 4.46. The zero-order valence-electron chi connectivity index (χ0n) is 20.3. The fourth-order valence-electron chi connectivity index (χ4n) is 4.79. The number of carbonyl (C=O) groups excluding carboxylic acids is 2. The molecule has 0 aliphatic carbocycles. The number of nitrogens with zero attached hydrogens (tertiary/aromatic N) is 3. The fraction of sp³-hybridized carbons (Fsp3) is 0.286. The maximum atomic E-state index is 13.8. The van der Waals surface area contributed by atoms with Crippen molar-refractivity contribution in [3.8, 4) is 0 Å². The van der Waals surface area contributed by atoms with E-state index >= 15 is 0 Å². The number of nitrogens with two attached hydrogens (primary N) is 1. The molecule has 1 saturated heterocycles. The molecular weight excluding hydrogens is 456 g/mol. The summed E-state index contributed by atoms with van der Waals surface area (Å²) >= 11 is 0. The van der Waals surface area contributed by atoms with Crippen LogP contribution in [0.15, 0.2) is 71.8 Å². The molecule has 8 heteroatoms. The first-order valence-electron chi connectivity index (χ1n) is 12.0. The lowest BCUT2D eigenvalue weighted by Crippen LogP contribution is -2.44. The molecule has 0 saturated carbocycles. The molecule has 3 N–H and O–H groups in total. The van der Waals surface area contributed by atoms with Gasteiger partial charge in [-0.05, 0) is 59.4 Å². The quantitative estimate of drug-likeness (QED) is 0.144. The molecule has 36 heavy (non-hydrogen) atoms. The normalized spacial score (nSPS) is 18.0. The number of unbranched alkanes of at least 4 members (excludes halogenated alkanes) is 2. The second-order valence-electron chi connectivity index (χ2n) is 9.19. The van der Waals surface area contributed by atoms with Gasteiger partial charge >= 0.3 is 12.0 Å². The van der Waals surface area contributed by atoms with Crippen molar-refractivity contribution in [3.05, 3.63) is 83.4 Å². The molecule has 186 valence electrons.